The maximum atomic E-state index is 12.7. The number of anilines is 2. The molecule has 0 aromatic heterocycles. The van der Waals surface area contributed by atoms with Gasteiger partial charge in [-0.3, -0.25) is 9.27 Å². The maximum absolute atomic E-state index is 12.7. The second-order valence-corrected chi connectivity index (χ2v) is 6.37. The van der Waals surface area contributed by atoms with Gasteiger partial charge in [-0.15, -0.1) is 0 Å². The highest BCUT2D eigenvalue weighted by atomic mass is 35.5. The van der Waals surface area contributed by atoms with Crippen molar-refractivity contribution in [3.63, 3.8) is 0 Å². The van der Waals surface area contributed by atoms with Gasteiger partial charge in [0.1, 0.15) is 0 Å². The van der Waals surface area contributed by atoms with Crippen molar-refractivity contribution in [2.75, 3.05) is 16.6 Å². The van der Waals surface area contributed by atoms with E-state index in [-0.39, 0.29) is 0 Å². The third kappa shape index (κ3) is 6.22. The summed E-state index contributed by atoms with van der Waals surface area (Å²) in [6.45, 7) is 0.547. The van der Waals surface area contributed by atoms with Gasteiger partial charge < -0.3 is 5.32 Å². The number of hydrogen-bond donors (Lipinski definition) is 3. The Labute approximate surface area is 150 Å². The van der Waals surface area contributed by atoms with Gasteiger partial charge in [0.2, 0.25) is 0 Å². The van der Waals surface area contributed by atoms with E-state index < -0.39 is 23.0 Å². The van der Waals surface area contributed by atoms with E-state index in [1.54, 1.807) is 24.3 Å². The minimum absolute atomic E-state index is 0.320. The van der Waals surface area contributed by atoms with Crippen LogP contribution in [0.1, 0.15) is 17.5 Å². The van der Waals surface area contributed by atoms with E-state index in [2.05, 4.69) is 10.0 Å². The lowest BCUT2D eigenvalue weighted by Crippen LogP contribution is -2.07. The van der Waals surface area contributed by atoms with Crippen molar-refractivity contribution < 1.29 is 21.9 Å². The number of hydrogen-bond acceptors (Lipinski definition) is 2. The Hall–Kier alpha value is -1.77. The van der Waals surface area contributed by atoms with Crippen LogP contribution in [-0.4, -0.2) is 15.3 Å². The van der Waals surface area contributed by atoms with E-state index in [4.69, 9.17) is 16.2 Å². The fourth-order valence-electron chi connectivity index (χ4n) is 2.21. The van der Waals surface area contributed by atoms with Gasteiger partial charge in [-0.25, -0.2) is 4.21 Å². The van der Waals surface area contributed by atoms with Crippen LogP contribution in [0.2, 0.25) is 5.02 Å². The second-order valence-electron chi connectivity index (χ2n) is 5.26. The Balaban J connectivity index is 1.86. The monoisotopic (exact) mass is 392 g/mol. The first-order valence-electron chi connectivity index (χ1n) is 7.33. The standard InChI is InChI=1S/C16H16ClF3N2O2S/c17-15-8-3-12(16(18,19)20)10-11(15)2-1-9-21-13-4-6-14(7-5-13)22-25(23)24/h3-8,10,21-22H,1-2,9H2,(H,23,24). The van der Waals surface area contributed by atoms with E-state index >= 15 is 0 Å². The summed E-state index contributed by atoms with van der Waals surface area (Å²) in [5.74, 6) is 0. The summed E-state index contributed by atoms with van der Waals surface area (Å²) in [6, 6.07) is 10.1. The molecule has 0 aliphatic rings. The Kier molecular flexibility index (Phi) is 6.69. The molecule has 0 aliphatic carbocycles. The predicted molar refractivity (Wildman–Crippen MR) is 94.1 cm³/mol. The number of aryl methyl sites for hydroxylation is 1. The molecule has 0 amide bonds. The third-order valence-corrected chi connectivity index (χ3v) is 4.19. The summed E-state index contributed by atoms with van der Waals surface area (Å²) < 4.78 is 59.8. The summed E-state index contributed by atoms with van der Waals surface area (Å²) in [6.07, 6.45) is -3.37. The second kappa shape index (κ2) is 8.55. The molecule has 25 heavy (non-hydrogen) atoms. The van der Waals surface area contributed by atoms with Gasteiger partial charge in [-0.05, 0) is 60.9 Å². The van der Waals surface area contributed by atoms with Crippen molar-refractivity contribution >= 4 is 34.2 Å². The molecule has 9 heteroatoms. The molecule has 3 N–H and O–H groups in total. The van der Waals surface area contributed by atoms with Crippen LogP contribution in [-0.2, 0) is 23.9 Å². The number of alkyl halides is 3. The topological polar surface area (TPSA) is 61.4 Å². The molecule has 0 radical (unpaired) electrons. The summed E-state index contributed by atoms with van der Waals surface area (Å²) in [4.78, 5) is 0. The quantitative estimate of drug-likeness (QED) is 0.461. The SMILES string of the molecule is O=S(O)Nc1ccc(NCCCc2cc(C(F)(F)F)ccc2Cl)cc1. The van der Waals surface area contributed by atoms with Gasteiger partial charge in [0.25, 0.3) is 11.3 Å². The molecule has 0 heterocycles. The molecule has 0 spiro atoms. The van der Waals surface area contributed by atoms with E-state index in [0.29, 0.717) is 35.7 Å². The summed E-state index contributed by atoms with van der Waals surface area (Å²) in [5.41, 5.74) is 1.05. The Morgan fingerprint density at radius 2 is 1.72 bits per heavy atom. The largest absolute Gasteiger partial charge is 0.416 e. The third-order valence-electron chi connectivity index (χ3n) is 3.42. The average molecular weight is 393 g/mol. The van der Waals surface area contributed by atoms with Crippen molar-refractivity contribution in [3.8, 4) is 0 Å². The number of halogens is 4. The number of benzene rings is 2. The van der Waals surface area contributed by atoms with E-state index in [1.165, 1.54) is 6.07 Å². The fraction of sp³-hybridized carbons (Fsp3) is 0.250. The normalized spacial score (nSPS) is 12.7. The van der Waals surface area contributed by atoms with Crippen molar-refractivity contribution in [2.45, 2.75) is 19.0 Å². The molecule has 1 unspecified atom stereocenters. The highest BCUT2D eigenvalue weighted by molar-refractivity contribution is 7.80. The summed E-state index contributed by atoms with van der Waals surface area (Å²) in [5, 5.41) is 3.45. The van der Waals surface area contributed by atoms with Crippen molar-refractivity contribution in [1.82, 2.24) is 0 Å². The highest BCUT2D eigenvalue weighted by Gasteiger charge is 2.30. The molecular weight excluding hydrogens is 377 g/mol. The first-order valence-corrected chi connectivity index (χ1v) is 8.81. The Morgan fingerprint density at radius 1 is 1.08 bits per heavy atom. The molecule has 2 aromatic rings. The average Bonchev–Trinajstić information content (AvgIpc) is 2.53. The Morgan fingerprint density at radius 3 is 2.32 bits per heavy atom. The lowest BCUT2D eigenvalue weighted by molar-refractivity contribution is -0.137. The molecule has 2 rings (SSSR count). The van der Waals surface area contributed by atoms with Gasteiger partial charge >= 0.3 is 6.18 Å². The highest BCUT2D eigenvalue weighted by Crippen LogP contribution is 2.32. The van der Waals surface area contributed by atoms with Crippen molar-refractivity contribution in [3.05, 3.63) is 58.6 Å². The molecule has 0 fully saturated rings. The zero-order valence-electron chi connectivity index (χ0n) is 12.9. The molecule has 0 aliphatic heterocycles. The smallest absolute Gasteiger partial charge is 0.385 e. The lowest BCUT2D eigenvalue weighted by Gasteiger charge is -2.11. The van der Waals surface area contributed by atoms with Gasteiger partial charge in [-0.2, -0.15) is 13.2 Å². The van der Waals surface area contributed by atoms with Crippen LogP contribution in [0.4, 0.5) is 24.5 Å². The summed E-state index contributed by atoms with van der Waals surface area (Å²) >= 11 is 3.84. The predicted octanol–water partition coefficient (Wildman–Crippen LogP) is 4.95. The molecular formula is C16H16ClF3N2O2S. The van der Waals surface area contributed by atoms with Crippen LogP contribution in [0.3, 0.4) is 0 Å². The van der Waals surface area contributed by atoms with Gasteiger partial charge in [0.05, 0.1) is 5.56 Å². The van der Waals surface area contributed by atoms with Gasteiger partial charge in [0.15, 0.2) is 0 Å². The van der Waals surface area contributed by atoms with Crippen LogP contribution in [0.25, 0.3) is 0 Å². The zero-order valence-corrected chi connectivity index (χ0v) is 14.5. The number of rotatable bonds is 7. The molecule has 2 aromatic carbocycles. The van der Waals surface area contributed by atoms with Gasteiger partial charge in [0, 0.05) is 22.9 Å². The maximum Gasteiger partial charge on any atom is 0.416 e. The van der Waals surface area contributed by atoms with Crippen LogP contribution in [0.5, 0.6) is 0 Å². The molecule has 0 saturated carbocycles. The molecule has 136 valence electrons. The van der Waals surface area contributed by atoms with Crippen LogP contribution < -0.4 is 10.0 Å². The lowest BCUT2D eigenvalue weighted by atomic mass is 10.1. The fourth-order valence-corrected chi connectivity index (χ4v) is 2.76. The van der Waals surface area contributed by atoms with E-state index in [9.17, 15) is 17.4 Å². The zero-order chi connectivity index (χ0) is 18.4. The minimum Gasteiger partial charge on any atom is -0.385 e. The van der Waals surface area contributed by atoms with Crippen molar-refractivity contribution in [1.29, 1.82) is 0 Å². The minimum atomic E-state index is -4.38. The van der Waals surface area contributed by atoms with Crippen LogP contribution >= 0.6 is 11.6 Å². The van der Waals surface area contributed by atoms with Crippen molar-refractivity contribution in [2.24, 2.45) is 0 Å². The first-order chi connectivity index (χ1) is 11.8. The van der Waals surface area contributed by atoms with Crippen LogP contribution in [0, 0.1) is 0 Å². The van der Waals surface area contributed by atoms with E-state index in [1.807, 2.05) is 0 Å². The molecule has 4 nitrogen and oxygen atoms in total. The molecule has 0 saturated heterocycles. The molecule has 0 bridgehead atoms. The Bertz CT molecular complexity index is 739. The van der Waals surface area contributed by atoms with E-state index in [0.717, 1.165) is 17.8 Å². The van der Waals surface area contributed by atoms with Gasteiger partial charge in [-0.1, -0.05) is 11.6 Å². The summed E-state index contributed by atoms with van der Waals surface area (Å²) in [7, 11) is 0. The van der Waals surface area contributed by atoms with Crippen LogP contribution in [0.15, 0.2) is 42.5 Å². The molecule has 1 atom stereocenters. The number of nitrogens with one attached hydrogen (secondary N) is 2. The first kappa shape index (κ1) is 19.6.